The van der Waals surface area contributed by atoms with Gasteiger partial charge in [0.15, 0.2) is 0 Å². The second kappa shape index (κ2) is 13.4. The minimum atomic E-state index is 1.11. The Labute approximate surface area is 330 Å². The van der Waals surface area contributed by atoms with Crippen molar-refractivity contribution < 1.29 is 0 Å². The Kier molecular flexibility index (Phi) is 7.75. The first kappa shape index (κ1) is 32.4. The third-order valence-corrected chi connectivity index (χ3v) is 12.4. The Morgan fingerprint density at radius 1 is 0.321 bits per heavy atom. The summed E-state index contributed by atoms with van der Waals surface area (Å²) in [4.78, 5) is 2.45. The summed E-state index contributed by atoms with van der Waals surface area (Å²) in [6, 6.07) is 77.7. The standard InChI is InChI=1S/C54H35NS/c1-2-13-36(14-3-1)37-27-30-43(31-28-37)55(51-25-12-26-52-53(51)49-32-29-38-15-4-7-22-46(38)54(49)56-52)44-20-11-18-40(34-44)39-17-10-19-41(33-39)50-35-42-16-5-6-21-45(42)47-23-8-9-24-48(47)50/h1-35H. The van der Waals surface area contributed by atoms with E-state index in [2.05, 4.69) is 217 Å². The van der Waals surface area contributed by atoms with Gasteiger partial charge in [-0.2, -0.15) is 0 Å². The summed E-state index contributed by atoms with van der Waals surface area (Å²) in [5.74, 6) is 0. The van der Waals surface area contributed by atoms with Crippen molar-refractivity contribution in [2.75, 3.05) is 4.90 Å². The number of benzene rings is 10. The molecule has 0 aliphatic heterocycles. The molecule has 11 aromatic rings. The minimum absolute atomic E-state index is 1.11. The maximum atomic E-state index is 2.45. The van der Waals surface area contributed by atoms with Gasteiger partial charge in [-0.25, -0.2) is 0 Å². The molecule has 11 rings (SSSR count). The highest BCUT2D eigenvalue weighted by Crippen LogP contribution is 2.47. The Hall–Kier alpha value is -7.00. The van der Waals surface area contributed by atoms with E-state index in [1.54, 1.807) is 0 Å². The lowest BCUT2D eigenvalue weighted by Crippen LogP contribution is -2.10. The van der Waals surface area contributed by atoms with Crippen molar-refractivity contribution in [3.05, 3.63) is 212 Å². The molecule has 0 spiro atoms. The van der Waals surface area contributed by atoms with Crippen LogP contribution in [0.3, 0.4) is 0 Å². The number of thiophene rings is 1. The summed E-state index contributed by atoms with van der Waals surface area (Å²) < 4.78 is 2.61. The molecule has 0 amide bonds. The van der Waals surface area contributed by atoms with E-state index < -0.39 is 0 Å². The van der Waals surface area contributed by atoms with Gasteiger partial charge in [0.2, 0.25) is 0 Å². The second-order valence-electron chi connectivity index (χ2n) is 14.5. The Bertz CT molecular complexity index is 3250. The molecule has 0 atom stereocenters. The quantitative estimate of drug-likeness (QED) is 0.154. The number of hydrogen-bond donors (Lipinski definition) is 0. The molecule has 0 radical (unpaired) electrons. The second-order valence-corrected chi connectivity index (χ2v) is 15.5. The van der Waals surface area contributed by atoms with Crippen molar-refractivity contribution in [2.45, 2.75) is 0 Å². The molecule has 0 N–H and O–H groups in total. The maximum absolute atomic E-state index is 2.45. The summed E-state index contributed by atoms with van der Waals surface area (Å²) >= 11 is 1.89. The fraction of sp³-hybridized carbons (Fsp3) is 0. The fourth-order valence-corrected chi connectivity index (χ4v) is 9.83. The highest BCUT2D eigenvalue weighted by Gasteiger charge is 2.20. The van der Waals surface area contributed by atoms with Gasteiger partial charge in [0.25, 0.3) is 0 Å². The zero-order valence-electron chi connectivity index (χ0n) is 30.6. The van der Waals surface area contributed by atoms with Gasteiger partial charge in [0.1, 0.15) is 0 Å². The van der Waals surface area contributed by atoms with Gasteiger partial charge in [-0.05, 0) is 114 Å². The van der Waals surface area contributed by atoms with E-state index in [0.717, 1.165) is 11.4 Å². The third-order valence-electron chi connectivity index (χ3n) is 11.2. The summed E-state index contributed by atoms with van der Waals surface area (Å²) in [7, 11) is 0. The van der Waals surface area contributed by atoms with Crippen molar-refractivity contribution in [2.24, 2.45) is 0 Å². The molecule has 0 saturated heterocycles. The summed E-state index contributed by atoms with van der Waals surface area (Å²) in [5.41, 5.74) is 10.6. The van der Waals surface area contributed by atoms with E-state index >= 15 is 0 Å². The lowest BCUT2D eigenvalue weighted by molar-refractivity contribution is 1.30. The third kappa shape index (κ3) is 5.46. The van der Waals surface area contributed by atoms with Crippen LogP contribution < -0.4 is 4.90 Å². The first-order valence-electron chi connectivity index (χ1n) is 19.2. The van der Waals surface area contributed by atoms with Crippen LogP contribution >= 0.6 is 11.3 Å². The Morgan fingerprint density at radius 2 is 0.946 bits per heavy atom. The normalized spacial score (nSPS) is 11.6. The van der Waals surface area contributed by atoms with Crippen molar-refractivity contribution in [1.29, 1.82) is 0 Å². The van der Waals surface area contributed by atoms with Crippen LogP contribution in [0, 0.1) is 0 Å². The van der Waals surface area contributed by atoms with E-state index in [4.69, 9.17) is 0 Å². The van der Waals surface area contributed by atoms with E-state index in [-0.39, 0.29) is 0 Å². The molecule has 1 nitrogen and oxygen atoms in total. The van der Waals surface area contributed by atoms with Gasteiger partial charge in [-0.3, -0.25) is 0 Å². The molecule has 0 bridgehead atoms. The molecule has 0 aliphatic rings. The smallest absolute Gasteiger partial charge is 0.0554 e. The molecule has 262 valence electrons. The van der Waals surface area contributed by atoms with Crippen molar-refractivity contribution in [1.82, 2.24) is 0 Å². The minimum Gasteiger partial charge on any atom is -0.310 e. The predicted octanol–water partition coefficient (Wildman–Crippen LogP) is 16.0. The number of nitrogens with zero attached hydrogens (tertiary/aromatic N) is 1. The topological polar surface area (TPSA) is 3.24 Å². The summed E-state index contributed by atoms with van der Waals surface area (Å²) in [6.45, 7) is 0. The fourth-order valence-electron chi connectivity index (χ4n) is 8.57. The molecular weight excluding hydrogens is 695 g/mol. The van der Waals surface area contributed by atoms with E-state index in [0.29, 0.717) is 0 Å². The van der Waals surface area contributed by atoms with Crippen LogP contribution in [0.1, 0.15) is 0 Å². The monoisotopic (exact) mass is 729 g/mol. The van der Waals surface area contributed by atoms with Crippen molar-refractivity contribution in [3.8, 4) is 33.4 Å². The van der Waals surface area contributed by atoms with Gasteiger partial charge >= 0.3 is 0 Å². The molecule has 1 aromatic heterocycles. The molecule has 0 unspecified atom stereocenters. The SMILES string of the molecule is c1ccc(-c2ccc(N(c3cccc(-c4cccc(-c5cc6ccccc6c6ccccc56)c4)c3)c3cccc4sc5c6ccccc6ccc5c34)cc2)cc1. The lowest BCUT2D eigenvalue weighted by atomic mass is 9.92. The van der Waals surface area contributed by atoms with Gasteiger partial charge in [-0.15, -0.1) is 11.3 Å². The van der Waals surface area contributed by atoms with Crippen molar-refractivity contribution >= 4 is 80.9 Å². The molecule has 2 heteroatoms. The lowest BCUT2D eigenvalue weighted by Gasteiger charge is -2.27. The van der Waals surface area contributed by atoms with Gasteiger partial charge in [-0.1, -0.05) is 164 Å². The number of rotatable bonds is 6. The van der Waals surface area contributed by atoms with Gasteiger partial charge in [0, 0.05) is 31.5 Å². The molecule has 56 heavy (non-hydrogen) atoms. The maximum Gasteiger partial charge on any atom is 0.0554 e. The molecule has 1 heterocycles. The van der Waals surface area contributed by atoms with E-state index in [1.165, 1.54) is 91.6 Å². The van der Waals surface area contributed by atoms with Gasteiger partial charge in [0.05, 0.1) is 5.69 Å². The highest BCUT2D eigenvalue weighted by molar-refractivity contribution is 7.26. The number of fused-ring (bicyclic) bond motifs is 8. The van der Waals surface area contributed by atoms with E-state index in [9.17, 15) is 0 Å². The number of hydrogen-bond acceptors (Lipinski definition) is 2. The Balaban J connectivity index is 1.08. The van der Waals surface area contributed by atoms with Gasteiger partial charge < -0.3 is 4.90 Å². The number of anilines is 3. The first-order valence-corrected chi connectivity index (χ1v) is 20.0. The molecule has 0 fully saturated rings. The average molecular weight is 730 g/mol. The zero-order chi connectivity index (χ0) is 37.0. The van der Waals surface area contributed by atoms with Crippen LogP contribution in [-0.4, -0.2) is 0 Å². The van der Waals surface area contributed by atoms with Crippen LogP contribution in [0.25, 0.3) is 85.9 Å². The molecule has 0 aliphatic carbocycles. The van der Waals surface area contributed by atoms with Crippen LogP contribution in [0.15, 0.2) is 212 Å². The first-order chi connectivity index (χ1) is 27.8. The van der Waals surface area contributed by atoms with Crippen molar-refractivity contribution in [3.63, 3.8) is 0 Å². The molecular formula is C54H35NS. The van der Waals surface area contributed by atoms with Crippen LogP contribution in [-0.2, 0) is 0 Å². The van der Waals surface area contributed by atoms with Crippen LogP contribution in [0.2, 0.25) is 0 Å². The molecule has 10 aromatic carbocycles. The molecule has 0 saturated carbocycles. The average Bonchev–Trinajstić information content (AvgIpc) is 3.67. The van der Waals surface area contributed by atoms with Crippen LogP contribution in [0.4, 0.5) is 17.1 Å². The largest absolute Gasteiger partial charge is 0.310 e. The zero-order valence-corrected chi connectivity index (χ0v) is 31.4. The summed E-state index contributed by atoms with van der Waals surface area (Å²) in [5, 5.41) is 10.2. The Morgan fingerprint density at radius 3 is 1.79 bits per heavy atom. The highest BCUT2D eigenvalue weighted by atomic mass is 32.1. The predicted molar refractivity (Wildman–Crippen MR) is 243 cm³/mol. The van der Waals surface area contributed by atoms with Crippen LogP contribution in [0.5, 0.6) is 0 Å². The van der Waals surface area contributed by atoms with E-state index in [1.807, 2.05) is 11.3 Å². The summed E-state index contributed by atoms with van der Waals surface area (Å²) in [6.07, 6.45) is 0.